The van der Waals surface area contributed by atoms with Crippen LogP contribution in [0.15, 0.2) is 23.1 Å². The van der Waals surface area contributed by atoms with Crippen LogP contribution >= 0.6 is 11.8 Å². The summed E-state index contributed by atoms with van der Waals surface area (Å²) in [6.07, 6.45) is 1.000. The molecule has 2 bridgehead atoms. The van der Waals surface area contributed by atoms with E-state index in [1.807, 2.05) is 25.6 Å². The number of nitrogens with zero attached hydrogens (tertiary/aromatic N) is 1. The zero-order chi connectivity index (χ0) is 14.3. The van der Waals surface area contributed by atoms with Gasteiger partial charge in [0, 0.05) is 23.6 Å². The highest BCUT2D eigenvalue weighted by Gasteiger charge is 2.44. The second-order valence-electron chi connectivity index (χ2n) is 5.28. The summed E-state index contributed by atoms with van der Waals surface area (Å²) in [4.78, 5) is 0.385. The molecule has 0 saturated carbocycles. The Hall–Kier alpha value is -0.720. The summed E-state index contributed by atoms with van der Waals surface area (Å²) >= 11 is 1.89. The van der Waals surface area contributed by atoms with Crippen LogP contribution in [-0.2, 0) is 10.0 Å². The molecule has 2 saturated heterocycles. The summed E-state index contributed by atoms with van der Waals surface area (Å²) in [5.41, 5.74) is 0.867. The molecule has 20 heavy (non-hydrogen) atoms. The van der Waals surface area contributed by atoms with E-state index in [0.29, 0.717) is 23.3 Å². The molecular weight excluding hydrogens is 294 g/mol. The van der Waals surface area contributed by atoms with E-state index >= 15 is 0 Å². The first-order chi connectivity index (χ1) is 9.52. The van der Waals surface area contributed by atoms with Crippen LogP contribution in [0, 0.1) is 6.92 Å². The predicted molar refractivity (Wildman–Crippen MR) is 80.9 cm³/mol. The van der Waals surface area contributed by atoms with Gasteiger partial charge in [0.2, 0.25) is 10.0 Å². The third-order valence-electron chi connectivity index (χ3n) is 3.90. The fourth-order valence-electron chi connectivity index (χ4n) is 2.89. The molecule has 110 valence electrons. The van der Waals surface area contributed by atoms with Crippen molar-refractivity contribution in [2.45, 2.75) is 36.5 Å². The number of rotatable bonds is 4. The maximum Gasteiger partial charge on any atom is 0.243 e. The SMILES string of the molecule is CCOc1ccc(S(=O)(=O)N2CC3CC2CS3)cc1C. The molecule has 0 aliphatic carbocycles. The van der Waals surface area contributed by atoms with Crippen molar-refractivity contribution in [3.05, 3.63) is 23.8 Å². The normalized spacial score (nSPS) is 26.1. The molecule has 2 atom stereocenters. The first-order valence-corrected chi connectivity index (χ1v) is 9.38. The lowest BCUT2D eigenvalue weighted by atomic mass is 10.2. The molecule has 0 aromatic heterocycles. The molecule has 1 aromatic rings. The summed E-state index contributed by atoms with van der Waals surface area (Å²) in [5, 5.41) is 0.485. The summed E-state index contributed by atoms with van der Waals surface area (Å²) in [6, 6.07) is 5.32. The van der Waals surface area contributed by atoms with Gasteiger partial charge < -0.3 is 4.74 Å². The van der Waals surface area contributed by atoms with Gasteiger partial charge in [0.05, 0.1) is 11.5 Å². The van der Waals surface area contributed by atoms with Gasteiger partial charge in [-0.2, -0.15) is 16.1 Å². The highest BCUT2D eigenvalue weighted by Crippen LogP contribution is 2.40. The number of ether oxygens (including phenoxy) is 1. The summed E-state index contributed by atoms with van der Waals surface area (Å²) in [6.45, 7) is 5.04. The van der Waals surface area contributed by atoms with Crippen molar-refractivity contribution < 1.29 is 13.2 Å². The Morgan fingerprint density at radius 1 is 1.45 bits per heavy atom. The van der Waals surface area contributed by atoms with Gasteiger partial charge in [-0.25, -0.2) is 8.42 Å². The fraction of sp³-hybridized carbons (Fsp3) is 0.571. The number of aryl methyl sites for hydroxylation is 1. The molecule has 1 aromatic carbocycles. The number of sulfonamides is 1. The second kappa shape index (κ2) is 5.24. The van der Waals surface area contributed by atoms with Gasteiger partial charge in [-0.15, -0.1) is 0 Å². The van der Waals surface area contributed by atoms with Crippen LogP contribution < -0.4 is 4.74 Å². The second-order valence-corrected chi connectivity index (χ2v) is 8.50. The minimum absolute atomic E-state index is 0.182. The Morgan fingerprint density at radius 3 is 2.80 bits per heavy atom. The van der Waals surface area contributed by atoms with E-state index in [1.165, 1.54) is 0 Å². The van der Waals surface area contributed by atoms with E-state index in [9.17, 15) is 8.42 Å². The van der Waals surface area contributed by atoms with Crippen LogP contribution in [0.2, 0.25) is 0 Å². The fourth-order valence-corrected chi connectivity index (χ4v) is 6.28. The summed E-state index contributed by atoms with van der Waals surface area (Å²) in [7, 11) is -3.36. The van der Waals surface area contributed by atoms with Crippen LogP contribution in [0.3, 0.4) is 0 Å². The minimum Gasteiger partial charge on any atom is -0.494 e. The molecule has 0 amide bonds. The van der Waals surface area contributed by atoms with Gasteiger partial charge in [-0.3, -0.25) is 0 Å². The molecule has 2 fully saturated rings. The highest BCUT2D eigenvalue weighted by molar-refractivity contribution is 8.00. The number of fused-ring (bicyclic) bond motifs is 2. The Balaban J connectivity index is 1.90. The van der Waals surface area contributed by atoms with E-state index in [0.717, 1.165) is 23.5 Å². The van der Waals surface area contributed by atoms with E-state index < -0.39 is 10.0 Å². The number of benzene rings is 1. The van der Waals surface area contributed by atoms with Crippen molar-refractivity contribution in [1.82, 2.24) is 4.31 Å². The number of hydrogen-bond acceptors (Lipinski definition) is 4. The highest BCUT2D eigenvalue weighted by atomic mass is 32.2. The lowest BCUT2D eigenvalue weighted by Crippen LogP contribution is -2.39. The Labute approximate surface area is 124 Å². The van der Waals surface area contributed by atoms with Crippen molar-refractivity contribution in [3.63, 3.8) is 0 Å². The third kappa shape index (κ3) is 2.34. The van der Waals surface area contributed by atoms with Crippen LogP contribution in [0.4, 0.5) is 0 Å². The van der Waals surface area contributed by atoms with Gasteiger partial charge in [0.15, 0.2) is 0 Å². The van der Waals surface area contributed by atoms with Crippen LogP contribution in [-0.4, -0.2) is 42.9 Å². The lowest BCUT2D eigenvalue weighted by Gasteiger charge is -2.26. The van der Waals surface area contributed by atoms with E-state index in [4.69, 9.17) is 4.74 Å². The largest absolute Gasteiger partial charge is 0.494 e. The molecule has 2 aliphatic heterocycles. The first kappa shape index (κ1) is 14.2. The summed E-state index contributed by atoms with van der Waals surface area (Å²) < 4.78 is 32.6. The average molecular weight is 313 g/mol. The van der Waals surface area contributed by atoms with Crippen LogP contribution in [0.5, 0.6) is 5.75 Å². The Morgan fingerprint density at radius 2 is 2.25 bits per heavy atom. The smallest absolute Gasteiger partial charge is 0.243 e. The average Bonchev–Trinajstić information content (AvgIpc) is 3.04. The number of hydrogen-bond donors (Lipinski definition) is 0. The van der Waals surface area contributed by atoms with E-state index in [-0.39, 0.29) is 6.04 Å². The minimum atomic E-state index is -3.36. The topological polar surface area (TPSA) is 46.6 Å². The standard InChI is InChI=1S/C14H19NO3S2/c1-3-18-14-5-4-13(6-10(14)2)20(16,17)15-8-12-7-11(15)9-19-12/h4-6,11-12H,3,7-9H2,1-2H3. The van der Waals surface area contributed by atoms with E-state index in [1.54, 1.807) is 22.5 Å². The molecule has 4 nitrogen and oxygen atoms in total. The zero-order valence-corrected chi connectivity index (χ0v) is 13.3. The molecule has 0 spiro atoms. The van der Waals surface area contributed by atoms with Crippen molar-refractivity contribution >= 4 is 21.8 Å². The zero-order valence-electron chi connectivity index (χ0n) is 11.7. The Bertz CT molecular complexity index is 615. The molecule has 2 aliphatic rings. The molecule has 0 N–H and O–H groups in total. The summed E-state index contributed by atoms with van der Waals surface area (Å²) in [5.74, 6) is 1.69. The van der Waals surface area contributed by atoms with Crippen molar-refractivity contribution in [3.8, 4) is 5.75 Å². The van der Waals surface area contributed by atoms with Crippen molar-refractivity contribution in [2.75, 3.05) is 18.9 Å². The van der Waals surface area contributed by atoms with Gasteiger partial charge in [0.25, 0.3) is 0 Å². The molecular formula is C14H19NO3S2. The van der Waals surface area contributed by atoms with Crippen LogP contribution in [0.25, 0.3) is 0 Å². The van der Waals surface area contributed by atoms with Crippen LogP contribution in [0.1, 0.15) is 18.9 Å². The quantitative estimate of drug-likeness (QED) is 0.855. The predicted octanol–water partition coefficient (Wildman–Crippen LogP) is 2.27. The third-order valence-corrected chi connectivity index (χ3v) is 7.21. The first-order valence-electron chi connectivity index (χ1n) is 6.89. The molecule has 2 unspecified atom stereocenters. The van der Waals surface area contributed by atoms with Gasteiger partial charge in [-0.1, -0.05) is 0 Å². The molecule has 2 heterocycles. The van der Waals surface area contributed by atoms with E-state index in [2.05, 4.69) is 0 Å². The molecule has 6 heteroatoms. The Kier molecular flexibility index (Phi) is 3.73. The monoisotopic (exact) mass is 313 g/mol. The number of thioether (sulfide) groups is 1. The van der Waals surface area contributed by atoms with Crippen molar-refractivity contribution in [2.24, 2.45) is 0 Å². The molecule has 0 radical (unpaired) electrons. The maximum absolute atomic E-state index is 12.7. The maximum atomic E-state index is 12.7. The van der Waals surface area contributed by atoms with Gasteiger partial charge in [0.1, 0.15) is 5.75 Å². The molecule has 3 rings (SSSR count). The van der Waals surface area contributed by atoms with Crippen molar-refractivity contribution in [1.29, 1.82) is 0 Å². The van der Waals surface area contributed by atoms with Gasteiger partial charge >= 0.3 is 0 Å². The lowest BCUT2D eigenvalue weighted by molar-refractivity contribution is 0.337. The van der Waals surface area contributed by atoms with Gasteiger partial charge in [-0.05, 0) is 44.0 Å².